The number of hydrogen-bond donors (Lipinski definition) is 2. The molecule has 9 heteroatoms. The largest absolute Gasteiger partial charge is 0.378 e. The lowest BCUT2D eigenvalue weighted by Gasteiger charge is -2.13. The van der Waals surface area contributed by atoms with Crippen LogP contribution in [0.4, 0.5) is 11.4 Å². The molecule has 1 heterocycles. The molecule has 3 aromatic rings. The average Bonchev–Trinajstić information content (AvgIpc) is 3.15. The van der Waals surface area contributed by atoms with Gasteiger partial charge in [-0.15, -0.1) is 10.2 Å². The third kappa shape index (κ3) is 6.08. The lowest BCUT2D eigenvalue weighted by atomic mass is 10.1. The number of anilines is 2. The van der Waals surface area contributed by atoms with E-state index in [4.69, 9.17) is 11.6 Å². The van der Waals surface area contributed by atoms with Crippen molar-refractivity contribution in [3.63, 3.8) is 0 Å². The van der Waals surface area contributed by atoms with Gasteiger partial charge in [0.2, 0.25) is 5.91 Å². The van der Waals surface area contributed by atoms with Crippen molar-refractivity contribution in [1.29, 1.82) is 0 Å². The Morgan fingerprint density at radius 2 is 1.71 bits per heavy atom. The maximum Gasteiger partial charge on any atom is 0.237 e. The van der Waals surface area contributed by atoms with Crippen LogP contribution in [-0.4, -0.2) is 31.7 Å². The van der Waals surface area contributed by atoms with Crippen molar-refractivity contribution in [3.8, 4) is 0 Å². The minimum absolute atomic E-state index is 0.0120. The third-order valence-electron chi connectivity index (χ3n) is 4.61. The van der Waals surface area contributed by atoms with E-state index in [0.717, 1.165) is 11.5 Å². The molecule has 0 aliphatic heterocycles. The van der Waals surface area contributed by atoms with Gasteiger partial charge in [0.15, 0.2) is 16.8 Å². The molecular weight excluding hydrogens is 434 g/mol. The van der Waals surface area contributed by atoms with Gasteiger partial charge in [-0.25, -0.2) is 0 Å². The van der Waals surface area contributed by atoms with E-state index in [9.17, 15) is 9.59 Å². The molecule has 1 atom stereocenters. The molecule has 1 amide bonds. The molecule has 0 saturated carbocycles. The number of thioether (sulfide) groups is 1. The molecule has 0 radical (unpaired) electrons. The van der Waals surface area contributed by atoms with Crippen molar-refractivity contribution in [2.75, 3.05) is 10.6 Å². The lowest BCUT2D eigenvalue weighted by Crippen LogP contribution is -2.23. The van der Waals surface area contributed by atoms with E-state index < -0.39 is 0 Å². The molecule has 1 aromatic heterocycles. The van der Waals surface area contributed by atoms with Gasteiger partial charge in [-0.1, -0.05) is 23.4 Å². The Bertz CT molecular complexity index is 1050. The number of rotatable bonds is 9. The second-order valence-electron chi connectivity index (χ2n) is 6.89. The second-order valence-corrected chi connectivity index (χ2v) is 8.63. The number of nitrogens with zero attached hydrogens (tertiary/aromatic N) is 3. The predicted molar refractivity (Wildman–Crippen MR) is 125 cm³/mol. The van der Waals surface area contributed by atoms with Crippen molar-refractivity contribution in [1.82, 2.24) is 14.8 Å². The van der Waals surface area contributed by atoms with Gasteiger partial charge < -0.3 is 15.2 Å². The first-order valence-corrected chi connectivity index (χ1v) is 11.1. The number of ketones is 1. The number of aromatic nitrogens is 3. The quantitative estimate of drug-likeness (QED) is 0.351. The molecule has 0 aliphatic carbocycles. The molecule has 0 fully saturated rings. The maximum atomic E-state index is 12.6. The summed E-state index contributed by atoms with van der Waals surface area (Å²) in [6, 6.07) is 14.3. The normalized spacial score (nSPS) is 11.7. The summed E-state index contributed by atoms with van der Waals surface area (Å²) < 4.78 is 1.99. The van der Waals surface area contributed by atoms with Crippen molar-refractivity contribution in [2.24, 2.45) is 0 Å². The summed E-state index contributed by atoms with van der Waals surface area (Å²) in [5.41, 5.74) is 2.19. The third-order valence-corrected chi connectivity index (χ3v) is 5.95. The highest BCUT2D eigenvalue weighted by Crippen LogP contribution is 2.24. The average molecular weight is 458 g/mol. The molecule has 0 unspecified atom stereocenters. The zero-order valence-corrected chi connectivity index (χ0v) is 19.1. The van der Waals surface area contributed by atoms with E-state index in [1.165, 1.54) is 18.7 Å². The number of carbonyl (C=O) groups excluding carboxylic acids is 2. The van der Waals surface area contributed by atoms with Crippen LogP contribution < -0.4 is 10.6 Å². The molecular formula is C22H24ClN5O2S. The number of Topliss-reactive ketones (excluding diaryl/α,β-unsaturated/α-hetero) is 1. The van der Waals surface area contributed by atoms with Gasteiger partial charge in [-0.3, -0.25) is 9.59 Å². The van der Waals surface area contributed by atoms with Crippen LogP contribution in [0.5, 0.6) is 0 Å². The smallest absolute Gasteiger partial charge is 0.237 e. The van der Waals surface area contributed by atoms with E-state index >= 15 is 0 Å². The Morgan fingerprint density at radius 1 is 1.06 bits per heavy atom. The summed E-state index contributed by atoms with van der Waals surface area (Å²) in [7, 11) is 0. The van der Waals surface area contributed by atoms with Crippen LogP contribution in [0.1, 0.15) is 37.0 Å². The summed E-state index contributed by atoms with van der Waals surface area (Å²) in [4.78, 5) is 24.0. The van der Waals surface area contributed by atoms with Crippen LogP contribution >= 0.6 is 23.4 Å². The molecule has 0 spiro atoms. The van der Waals surface area contributed by atoms with E-state index in [1.807, 2.05) is 42.7 Å². The van der Waals surface area contributed by atoms with Crippen molar-refractivity contribution in [3.05, 3.63) is 64.9 Å². The minimum Gasteiger partial charge on any atom is -0.378 e. The van der Waals surface area contributed by atoms with Gasteiger partial charge in [-0.05, 0) is 69.3 Å². The number of benzene rings is 2. The summed E-state index contributed by atoms with van der Waals surface area (Å²) in [5, 5.41) is 15.7. The first-order chi connectivity index (χ1) is 14.9. The van der Waals surface area contributed by atoms with E-state index in [1.54, 1.807) is 24.3 Å². The number of nitrogens with one attached hydrogen (secondary N) is 2. The minimum atomic E-state index is -0.376. The molecule has 162 valence electrons. The fourth-order valence-electron chi connectivity index (χ4n) is 2.85. The van der Waals surface area contributed by atoms with Gasteiger partial charge in [0, 0.05) is 28.5 Å². The van der Waals surface area contributed by atoms with Crippen molar-refractivity contribution in [2.45, 2.75) is 44.3 Å². The van der Waals surface area contributed by atoms with E-state index in [-0.39, 0.29) is 16.9 Å². The fourth-order valence-corrected chi connectivity index (χ4v) is 3.91. The van der Waals surface area contributed by atoms with Gasteiger partial charge in [-0.2, -0.15) is 0 Å². The standard InChI is InChI=1S/C22H24ClN5O2S/c1-4-28-20(13-24-18-11-7-17(23)8-12-18)26-27-22(28)31-15(3)21(30)25-19-9-5-16(6-10-19)14(2)29/h5-12,15,24H,4,13H2,1-3H3,(H,25,30)/t15-/m1/s1. The number of carbonyl (C=O) groups is 2. The highest BCUT2D eigenvalue weighted by Gasteiger charge is 2.20. The monoisotopic (exact) mass is 457 g/mol. The number of hydrogen-bond acceptors (Lipinski definition) is 6. The molecule has 0 bridgehead atoms. The van der Waals surface area contributed by atoms with Crippen LogP contribution in [-0.2, 0) is 17.9 Å². The van der Waals surface area contributed by atoms with Gasteiger partial charge >= 0.3 is 0 Å². The Kier molecular flexibility index (Phi) is 7.70. The molecule has 31 heavy (non-hydrogen) atoms. The predicted octanol–water partition coefficient (Wildman–Crippen LogP) is 4.89. The molecule has 3 rings (SSSR count). The van der Waals surface area contributed by atoms with Crippen LogP contribution in [0.3, 0.4) is 0 Å². The lowest BCUT2D eigenvalue weighted by molar-refractivity contribution is -0.115. The van der Waals surface area contributed by atoms with E-state index in [0.29, 0.717) is 34.5 Å². The molecule has 0 saturated heterocycles. The zero-order valence-electron chi connectivity index (χ0n) is 17.6. The van der Waals surface area contributed by atoms with Crippen LogP contribution in [0.2, 0.25) is 5.02 Å². The SMILES string of the molecule is CCn1c(CNc2ccc(Cl)cc2)nnc1S[C@H](C)C(=O)Nc1ccc(C(C)=O)cc1. The highest BCUT2D eigenvalue weighted by molar-refractivity contribution is 8.00. The summed E-state index contributed by atoms with van der Waals surface area (Å²) in [6.07, 6.45) is 0. The summed E-state index contributed by atoms with van der Waals surface area (Å²) >= 11 is 7.27. The zero-order chi connectivity index (χ0) is 22.4. The van der Waals surface area contributed by atoms with E-state index in [2.05, 4.69) is 20.8 Å². The van der Waals surface area contributed by atoms with Gasteiger partial charge in [0.1, 0.15) is 0 Å². The molecule has 2 N–H and O–H groups in total. The van der Waals surface area contributed by atoms with Crippen LogP contribution in [0.25, 0.3) is 0 Å². The molecule has 7 nitrogen and oxygen atoms in total. The van der Waals surface area contributed by atoms with Gasteiger partial charge in [0.05, 0.1) is 11.8 Å². The van der Waals surface area contributed by atoms with Gasteiger partial charge in [0.25, 0.3) is 0 Å². The summed E-state index contributed by atoms with van der Waals surface area (Å²) in [5.74, 6) is 0.626. The first kappa shape index (κ1) is 22.8. The van der Waals surface area contributed by atoms with Crippen LogP contribution in [0.15, 0.2) is 53.7 Å². The number of halogens is 1. The topological polar surface area (TPSA) is 88.9 Å². The Balaban J connectivity index is 1.61. The number of amides is 1. The Morgan fingerprint density at radius 3 is 2.32 bits per heavy atom. The van der Waals surface area contributed by atoms with Crippen LogP contribution in [0, 0.1) is 0 Å². The summed E-state index contributed by atoms with van der Waals surface area (Å²) in [6.45, 7) is 6.54. The maximum absolute atomic E-state index is 12.6. The fraction of sp³-hybridized carbons (Fsp3) is 0.273. The van der Waals surface area contributed by atoms with Crippen molar-refractivity contribution >= 4 is 46.4 Å². The molecule has 2 aromatic carbocycles. The second kappa shape index (κ2) is 10.5. The first-order valence-electron chi connectivity index (χ1n) is 9.87. The molecule has 0 aliphatic rings. The Labute approximate surface area is 190 Å². The highest BCUT2D eigenvalue weighted by atomic mass is 35.5. The van der Waals surface area contributed by atoms with Crippen molar-refractivity contribution < 1.29 is 9.59 Å². The Hall–Kier alpha value is -2.84.